The Kier molecular flexibility index (Phi) is 3.52. The molecular formula is C8H5ClF3IO. The van der Waals surface area contributed by atoms with Gasteiger partial charge in [0.1, 0.15) is 0 Å². The molecule has 0 atom stereocenters. The third-order valence-electron chi connectivity index (χ3n) is 1.56. The number of hydrogen-bond acceptors (Lipinski definition) is 1. The Morgan fingerprint density at radius 2 is 1.93 bits per heavy atom. The molecule has 0 aliphatic rings. The minimum Gasteiger partial charge on any atom is -0.495 e. The van der Waals surface area contributed by atoms with E-state index in [1.807, 2.05) is 22.6 Å². The van der Waals surface area contributed by atoms with Crippen molar-refractivity contribution in [3.8, 4) is 5.75 Å². The van der Waals surface area contributed by atoms with Gasteiger partial charge in [-0.15, -0.1) is 0 Å². The highest BCUT2D eigenvalue weighted by Gasteiger charge is 2.35. The van der Waals surface area contributed by atoms with E-state index in [2.05, 4.69) is 4.74 Å². The Labute approximate surface area is 97.3 Å². The Bertz CT molecular complexity index is 351. The van der Waals surface area contributed by atoms with Crippen LogP contribution in [0.1, 0.15) is 5.56 Å². The third kappa shape index (κ3) is 2.25. The second-order valence-electron chi connectivity index (χ2n) is 2.44. The number of benzene rings is 1. The van der Waals surface area contributed by atoms with Gasteiger partial charge in [0.15, 0.2) is 5.75 Å². The second kappa shape index (κ2) is 4.14. The highest BCUT2D eigenvalue weighted by molar-refractivity contribution is 14.1. The lowest BCUT2D eigenvalue weighted by atomic mass is 10.2. The van der Waals surface area contributed by atoms with E-state index in [0.29, 0.717) is 3.57 Å². The maximum Gasteiger partial charge on any atom is 0.420 e. The first kappa shape index (κ1) is 11.9. The van der Waals surface area contributed by atoms with Crippen molar-refractivity contribution in [1.82, 2.24) is 0 Å². The van der Waals surface area contributed by atoms with E-state index >= 15 is 0 Å². The number of ether oxygens (including phenoxy) is 1. The van der Waals surface area contributed by atoms with Crippen LogP contribution >= 0.6 is 34.2 Å². The summed E-state index contributed by atoms with van der Waals surface area (Å²) in [6.07, 6.45) is -4.45. The molecule has 0 bridgehead atoms. The third-order valence-corrected chi connectivity index (χ3v) is 3.15. The molecule has 0 aliphatic heterocycles. The molecular weight excluding hydrogens is 331 g/mol. The largest absolute Gasteiger partial charge is 0.495 e. The van der Waals surface area contributed by atoms with Crippen LogP contribution in [-0.2, 0) is 6.18 Å². The predicted octanol–water partition coefficient (Wildman–Crippen LogP) is 3.97. The summed E-state index contributed by atoms with van der Waals surface area (Å²) in [5, 5.41) is -0.0112. The van der Waals surface area contributed by atoms with Crippen LogP contribution < -0.4 is 4.74 Å². The Morgan fingerprint density at radius 1 is 1.36 bits per heavy atom. The van der Waals surface area contributed by atoms with Crippen molar-refractivity contribution in [3.63, 3.8) is 0 Å². The molecule has 78 valence electrons. The molecule has 0 radical (unpaired) electrons. The first-order valence-electron chi connectivity index (χ1n) is 3.47. The molecule has 6 heteroatoms. The average Bonchev–Trinajstić information content (AvgIpc) is 2.07. The van der Waals surface area contributed by atoms with Gasteiger partial charge in [0.05, 0.1) is 17.7 Å². The van der Waals surface area contributed by atoms with Gasteiger partial charge in [-0.1, -0.05) is 11.6 Å². The van der Waals surface area contributed by atoms with Crippen LogP contribution in [0.4, 0.5) is 13.2 Å². The fraction of sp³-hybridized carbons (Fsp3) is 0.250. The summed E-state index contributed by atoms with van der Waals surface area (Å²) >= 11 is 7.51. The van der Waals surface area contributed by atoms with Crippen molar-refractivity contribution < 1.29 is 17.9 Å². The number of methoxy groups -OCH3 is 1. The minimum absolute atomic E-state index is 0.0112. The molecule has 1 aromatic carbocycles. The molecule has 0 saturated carbocycles. The zero-order valence-electron chi connectivity index (χ0n) is 6.95. The van der Waals surface area contributed by atoms with Gasteiger partial charge < -0.3 is 4.74 Å². The molecule has 0 spiro atoms. The van der Waals surface area contributed by atoms with Crippen molar-refractivity contribution in [3.05, 3.63) is 26.3 Å². The van der Waals surface area contributed by atoms with Crippen molar-refractivity contribution in [2.75, 3.05) is 7.11 Å². The Balaban J connectivity index is 3.39. The molecule has 1 aromatic rings. The Hall–Kier alpha value is -0.170. The maximum atomic E-state index is 12.4. The normalized spacial score (nSPS) is 11.6. The minimum atomic E-state index is -4.45. The lowest BCUT2D eigenvalue weighted by molar-refractivity contribution is -0.138. The van der Waals surface area contributed by atoms with Crippen LogP contribution in [0.5, 0.6) is 5.75 Å². The molecule has 0 aromatic heterocycles. The molecule has 0 fully saturated rings. The lowest BCUT2D eigenvalue weighted by Gasteiger charge is -2.13. The van der Waals surface area contributed by atoms with Gasteiger partial charge >= 0.3 is 6.18 Å². The second-order valence-corrected chi connectivity index (χ2v) is 3.98. The van der Waals surface area contributed by atoms with Crippen LogP contribution in [-0.4, -0.2) is 7.11 Å². The quantitative estimate of drug-likeness (QED) is 0.705. The average molecular weight is 336 g/mol. The van der Waals surface area contributed by atoms with Gasteiger partial charge in [-0.3, -0.25) is 0 Å². The van der Waals surface area contributed by atoms with Crippen LogP contribution in [0.15, 0.2) is 12.1 Å². The van der Waals surface area contributed by atoms with E-state index in [1.165, 1.54) is 6.07 Å². The topological polar surface area (TPSA) is 9.23 Å². The zero-order valence-corrected chi connectivity index (χ0v) is 9.87. The molecule has 0 unspecified atom stereocenters. The summed E-state index contributed by atoms with van der Waals surface area (Å²) < 4.78 is 42.4. The summed E-state index contributed by atoms with van der Waals surface area (Å²) in [5.74, 6) is -0.328. The van der Waals surface area contributed by atoms with Gasteiger partial charge in [0.2, 0.25) is 0 Å². The SMILES string of the molecule is COc1c(C(F)(F)F)ccc(I)c1Cl. The number of halogens is 5. The lowest BCUT2D eigenvalue weighted by Crippen LogP contribution is -2.08. The maximum absolute atomic E-state index is 12.4. The number of rotatable bonds is 1. The smallest absolute Gasteiger partial charge is 0.420 e. The summed E-state index contributed by atoms with van der Waals surface area (Å²) in [6.45, 7) is 0. The first-order chi connectivity index (χ1) is 6.38. The predicted molar refractivity (Wildman–Crippen MR) is 55.7 cm³/mol. The summed E-state index contributed by atoms with van der Waals surface area (Å²) in [5.41, 5.74) is -0.856. The van der Waals surface area contributed by atoms with Gasteiger partial charge in [0, 0.05) is 3.57 Å². The molecule has 0 aliphatic carbocycles. The van der Waals surface area contributed by atoms with Gasteiger partial charge in [-0.05, 0) is 34.7 Å². The van der Waals surface area contributed by atoms with Crippen LogP contribution in [0.3, 0.4) is 0 Å². The molecule has 1 rings (SSSR count). The zero-order chi connectivity index (χ0) is 10.9. The first-order valence-corrected chi connectivity index (χ1v) is 4.92. The van der Waals surface area contributed by atoms with E-state index < -0.39 is 11.7 Å². The number of alkyl halides is 3. The molecule has 0 heterocycles. The molecule has 14 heavy (non-hydrogen) atoms. The van der Waals surface area contributed by atoms with Crippen LogP contribution in [0, 0.1) is 3.57 Å². The van der Waals surface area contributed by atoms with Crippen LogP contribution in [0.25, 0.3) is 0 Å². The summed E-state index contributed by atoms with van der Waals surface area (Å²) in [6, 6.07) is 2.25. The van der Waals surface area contributed by atoms with Gasteiger partial charge in [0.25, 0.3) is 0 Å². The van der Waals surface area contributed by atoms with Crippen LogP contribution in [0.2, 0.25) is 5.02 Å². The molecule has 0 amide bonds. The van der Waals surface area contributed by atoms with E-state index in [4.69, 9.17) is 11.6 Å². The monoisotopic (exact) mass is 336 g/mol. The summed E-state index contributed by atoms with van der Waals surface area (Å²) in [7, 11) is 1.16. The van der Waals surface area contributed by atoms with Crippen molar-refractivity contribution >= 4 is 34.2 Å². The van der Waals surface area contributed by atoms with E-state index in [9.17, 15) is 13.2 Å². The standard InChI is InChI=1S/C8H5ClF3IO/c1-14-7-4(8(10,11)12)2-3-5(13)6(7)9/h2-3H,1H3. The molecule has 0 saturated heterocycles. The van der Waals surface area contributed by atoms with Crippen molar-refractivity contribution in [2.24, 2.45) is 0 Å². The van der Waals surface area contributed by atoms with Gasteiger partial charge in [-0.2, -0.15) is 13.2 Å². The molecule has 0 N–H and O–H groups in total. The Morgan fingerprint density at radius 3 is 2.36 bits per heavy atom. The summed E-state index contributed by atoms with van der Waals surface area (Å²) in [4.78, 5) is 0. The fourth-order valence-corrected chi connectivity index (χ4v) is 1.62. The van der Waals surface area contributed by atoms with Crippen molar-refractivity contribution in [2.45, 2.75) is 6.18 Å². The highest BCUT2D eigenvalue weighted by atomic mass is 127. The van der Waals surface area contributed by atoms with E-state index in [-0.39, 0.29) is 10.8 Å². The highest BCUT2D eigenvalue weighted by Crippen LogP contribution is 2.41. The van der Waals surface area contributed by atoms with Gasteiger partial charge in [-0.25, -0.2) is 0 Å². The van der Waals surface area contributed by atoms with Crippen molar-refractivity contribution in [1.29, 1.82) is 0 Å². The molecule has 1 nitrogen and oxygen atoms in total. The number of hydrogen-bond donors (Lipinski definition) is 0. The fourth-order valence-electron chi connectivity index (χ4n) is 0.955. The van der Waals surface area contributed by atoms with E-state index in [0.717, 1.165) is 13.2 Å². The van der Waals surface area contributed by atoms with E-state index in [1.54, 1.807) is 0 Å².